The lowest BCUT2D eigenvalue weighted by Gasteiger charge is -2.23. The minimum absolute atomic E-state index is 0.460. The summed E-state index contributed by atoms with van der Waals surface area (Å²) < 4.78 is 2.31. The summed E-state index contributed by atoms with van der Waals surface area (Å²) in [5.41, 5.74) is 2.75. The second-order valence-electron chi connectivity index (χ2n) is 7.02. The van der Waals surface area contributed by atoms with Crippen LogP contribution in [-0.4, -0.2) is 32.6 Å². The Hall–Kier alpha value is -2.02. The number of aromatic nitrogens is 4. The summed E-state index contributed by atoms with van der Waals surface area (Å²) in [6, 6.07) is 8.16. The molecule has 1 fully saturated rings. The molecule has 1 saturated heterocycles. The average molecular weight is 398 g/mol. The monoisotopic (exact) mass is 397 g/mol. The number of nitrogens with zero attached hydrogens (tertiary/aromatic N) is 4. The molecule has 0 radical (unpaired) electrons. The lowest BCUT2D eigenvalue weighted by atomic mass is 9.94. The van der Waals surface area contributed by atoms with E-state index in [4.69, 9.17) is 16.6 Å². The van der Waals surface area contributed by atoms with Crippen molar-refractivity contribution in [3.8, 4) is 10.8 Å². The zero-order valence-electron chi connectivity index (χ0n) is 14.9. The Bertz CT molecular complexity index is 1080. The van der Waals surface area contributed by atoms with Gasteiger partial charge in [-0.1, -0.05) is 29.8 Å². The van der Waals surface area contributed by atoms with Gasteiger partial charge >= 0.3 is 0 Å². The van der Waals surface area contributed by atoms with Gasteiger partial charge in [0.25, 0.3) is 0 Å². The van der Waals surface area contributed by atoms with E-state index in [2.05, 4.69) is 25.9 Å². The van der Waals surface area contributed by atoms with Gasteiger partial charge in [-0.05, 0) is 44.3 Å². The van der Waals surface area contributed by atoms with E-state index >= 15 is 0 Å². The van der Waals surface area contributed by atoms with Crippen LogP contribution >= 0.6 is 22.9 Å². The molecule has 0 atom stereocenters. The highest BCUT2D eigenvalue weighted by molar-refractivity contribution is 7.13. The lowest BCUT2D eigenvalue weighted by molar-refractivity contribution is 0.340. The standard InChI is InChI=1S/C20H20ClN5S/c21-18-16-17(14-3-1-2-4-15(14)24-18)26(11-7-13-5-8-22-9-6-13)19(25-16)20-23-10-12-27-20/h1-4,10,12-13,22H,5-9,11H2. The smallest absolute Gasteiger partial charge is 0.170 e. The van der Waals surface area contributed by atoms with Crippen molar-refractivity contribution in [1.82, 2.24) is 24.8 Å². The first-order chi connectivity index (χ1) is 13.3. The lowest BCUT2D eigenvalue weighted by Crippen LogP contribution is -2.28. The first-order valence-electron chi connectivity index (χ1n) is 9.36. The Morgan fingerprint density at radius 3 is 2.85 bits per heavy atom. The number of imidazole rings is 1. The van der Waals surface area contributed by atoms with Gasteiger partial charge in [0.05, 0.1) is 11.0 Å². The summed E-state index contributed by atoms with van der Waals surface area (Å²) in [5, 5.41) is 7.92. The van der Waals surface area contributed by atoms with Gasteiger partial charge in [0.2, 0.25) is 0 Å². The molecule has 3 aromatic heterocycles. The molecule has 7 heteroatoms. The Morgan fingerprint density at radius 1 is 1.19 bits per heavy atom. The molecule has 4 aromatic rings. The van der Waals surface area contributed by atoms with Crippen LogP contribution in [0.3, 0.4) is 0 Å². The summed E-state index contributed by atoms with van der Waals surface area (Å²) in [7, 11) is 0. The molecule has 138 valence electrons. The predicted octanol–water partition coefficient (Wildman–Crippen LogP) is 4.75. The van der Waals surface area contributed by atoms with E-state index in [9.17, 15) is 0 Å². The molecule has 5 nitrogen and oxygen atoms in total. The van der Waals surface area contributed by atoms with Gasteiger partial charge in [-0.15, -0.1) is 11.3 Å². The van der Waals surface area contributed by atoms with Gasteiger partial charge < -0.3 is 9.88 Å². The quantitative estimate of drug-likeness (QED) is 0.505. The number of fused-ring (bicyclic) bond motifs is 3. The number of halogens is 1. The third-order valence-corrected chi connectivity index (χ3v) is 6.42. The Morgan fingerprint density at radius 2 is 2.04 bits per heavy atom. The van der Waals surface area contributed by atoms with Gasteiger partial charge in [-0.2, -0.15) is 0 Å². The summed E-state index contributed by atoms with van der Waals surface area (Å²) in [6.45, 7) is 3.15. The van der Waals surface area contributed by atoms with E-state index in [1.807, 2.05) is 29.8 Å². The van der Waals surface area contributed by atoms with Crippen LogP contribution in [0.2, 0.25) is 5.15 Å². The summed E-state index contributed by atoms with van der Waals surface area (Å²) in [6.07, 6.45) is 5.44. The van der Waals surface area contributed by atoms with Crippen molar-refractivity contribution < 1.29 is 0 Å². The number of piperidine rings is 1. The van der Waals surface area contributed by atoms with Crippen molar-refractivity contribution in [1.29, 1.82) is 0 Å². The number of para-hydroxylation sites is 1. The molecular weight excluding hydrogens is 378 g/mol. The molecule has 1 aromatic carbocycles. The minimum Gasteiger partial charge on any atom is -0.321 e. The SMILES string of the molecule is Clc1nc2ccccc2c2c1nc(-c1nccs1)n2CCC1CCNCC1. The van der Waals surface area contributed by atoms with Crippen molar-refractivity contribution in [2.75, 3.05) is 13.1 Å². The van der Waals surface area contributed by atoms with Gasteiger partial charge in [-0.3, -0.25) is 0 Å². The van der Waals surface area contributed by atoms with Crippen LogP contribution < -0.4 is 5.32 Å². The fourth-order valence-electron chi connectivity index (χ4n) is 4.00. The number of nitrogens with one attached hydrogen (secondary N) is 1. The van der Waals surface area contributed by atoms with Crippen molar-refractivity contribution in [2.45, 2.75) is 25.8 Å². The van der Waals surface area contributed by atoms with Crippen LogP contribution in [0.5, 0.6) is 0 Å². The zero-order chi connectivity index (χ0) is 18.2. The molecule has 0 saturated carbocycles. The topological polar surface area (TPSA) is 55.6 Å². The number of thiazole rings is 1. The molecule has 4 heterocycles. The second kappa shape index (κ2) is 7.19. The van der Waals surface area contributed by atoms with Crippen LogP contribution in [0.25, 0.3) is 32.8 Å². The number of aryl methyl sites for hydroxylation is 1. The van der Waals surface area contributed by atoms with Gasteiger partial charge in [0.15, 0.2) is 16.0 Å². The highest BCUT2D eigenvalue weighted by Crippen LogP contribution is 2.34. The average Bonchev–Trinajstić information content (AvgIpc) is 3.35. The Labute approximate surface area is 166 Å². The fraction of sp³-hybridized carbons (Fsp3) is 0.350. The third kappa shape index (κ3) is 3.12. The van der Waals surface area contributed by atoms with E-state index in [1.54, 1.807) is 11.3 Å². The Kier molecular flexibility index (Phi) is 4.55. The van der Waals surface area contributed by atoms with E-state index in [-0.39, 0.29) is 0 Å². The molecule has 0 amide bonds. The van der Waals surface area contributed by atoms with Crippen molar-refractivity contribution >= 4 is 44.9 Å². The van der Waals surface area contributed by atoms with E-state index < -0.39 is 0 Å². The maximum absolute atomic E-state index is 6.52. The maximum Gasteiger partial charge on any atom is 0.170 e. The maximum atomic E-state index is 6.52. The second-order valence-corrected chi connectivity index (χ2v) is 8.28. The molecule has 0 aliphatic carbocycles. The molecule has 27 heavy (non-hydrogen) atoms. The fourth-order valence-corrected chi connectivity index (χ4v) is 4.85. The van der Waals surface area contributed by atoms with Crippen LogP contribution in [0.4, 0.5) is 0 Å². The van der Waals surface area contributed by atoms with E-state index in [0.29, 0.717) is 5.15 Å². The van der Waals surface area contributed by atoms with Gasteiger partial charge in [-0.25, -0.2) is 15.0 Å². The molecular formula is C20H20ClN5S. The molecule has 0 unspecified atom stereocenters. The zero-order valence-corrected chi connectivity index (χ0v) is 16.4. The number of hydrogen-bond donors (Lipinski definition) is 1. The summed E-state index contributed by atoms with van der Waals surface area (Å²) in [5.74, 6) is 1.64. The highest BCUT2D eigenvalue weighted by Gasteiger charge is 2.21. The first-order valence-corrected chi connectivity index (χ1v) is 10.6. The minimum atomic E-state index is 0.460. The van der Waals surface area contributed by atoms with Crippen LogP contribution in [0.15, 0.2) is 35.8 Å². The van der Waals surface area contributed by atoms with Crippen LogP contribution in [0.1, 0.15) is 19.3 Å². The van der Waals surface area contributed by atoms with Crippen molar-refractivity contribution in [3.05, 3.63) is 41.0 Å². The molecule has 1 aliphatic rings. The normalized spacial score (nSPS) is 15.7. The van der Waals surface area contributed by atoms with Crippen molar-refractivity contribution in [3.63, 3.8) is 0 Å². The Balaban J connectivity index is 1.68. The van der Waals surface area contributed by atoms with Gasteiger partial charge in [0, 0.05) is 23.5 Å². The van der Waals surface area contributed by atoms with E-state index in [0.717, 1.165) is 64.7 Å². The summed E-state index contributed by atoms with van der Waals surface area (Å²) >= 11 is 8.13. The van der Waals surface area contributed by atoms with Crippen LogP contribution in [0, 0.1) is 5.92 Å². The molecule has 5 rings (SSSR count). The molecule has 0 bridgehead atoms. The third-order valence-electron chi connectivity index (χ3n) is 5.38. The number of rotatable bonds is 4. The van der Waals surface area contributed by atoms with Crippen molar-refractivity contribution in [2.24, 2.45) is 5.92 Å². The number of hydrogen-bond acceptors (Lipinski definition) is 5. The highest BCUT2D eigenvalue weighted by atomic mass is 35.5. The molecule has 0 spiro atoms. The molecule has 1 N–H and O–H groups in total. The van der Waals surface area contributed by atoms with E-state index in [1.165, 1.54) is 12.8 Å². The predicted molar refractivity (Wildman–Crippen MR) is 111 cm³/mol. The molecule has 1 aliphatic heterocycles. The number of pyridine rings is 1. The van der Waals surface area contributed by atoms with Crippen LogP contribution in [-0.2, 0) is 6.54 Å². The van der Waals surface area contributed by atoms with Gasteiger partial charge in [0.1, 0.15) is 5.52 Å². The first kappa shape index (κ1) is 17.1. The summed E-state index contributed by atoms with van der Waals surface area (Å²) in [4.78, 5) is 13.9. The largest absolute Gasteiger partial charge is 0.321 e. The number of benzene rings is 1.